The summed E-state index contributed by atoms with van der Waals surface area (Å²) in [4.78, 5) is 1.45. The molecule has 1 nitrogen and oxygen atoms in total. The van der Waals surface area contributed by atoms with E-state index in [-0.39, 0.29) is 13.1 Å². The third-order valence-corrected chi connectivity index (χ3v) is 1.70. The van der Waals surface area contributed by atoms with Crippen LogP contribution in [0.4, 0.5) is 13.2 Å². The molecule has 1 aliphatic rings. The molecule has 1 radical (unpaired) electrons. The van der Waals surface area contributed by atoms with E-state index in [2.05, 4.69) is 0 Å². The monoisotopic (exact) mass is 166 g/mol. The van der Waals surface area contributed by atoms with Crippen LogP contribution in [0.3, 0.4) is 0 Å². The maximum absolute atomic E-state index is 12.5. The summed E-state index contributed by atoms with van der Waals surface area (Å²) in [5.41, 5.74) is 0. The SMILES string of the molecule is FC(F)CN1CC[CH][C@H](F)C1. The van der Waals surface area contributed by atoms with Crippen molar-refractivity contribution in [1.82, 2.24) is 4.90 Å². The molecule has 0 amide bonds. The standard InChI is InChI=1S/C7H11F3N/c8-6-2-1-3-11(4-6)5-7(9)10/h2,6-7H,1,3-5H2/t6-/m0/s1. The molecule has 1 aliphatic heterocycles. The van der Waals surface area contributed by atoms with Gasteiger partial charge in [-0.1, -0.05) is 0 Å². The van der Waals surface area contributed by atoms with Crippen molar-refractivity contribution in [3.63, 3.8) is 0 Å². The smallest absolute Gasteiger partial charge is 0.251 e. The second-order valence-electron chi connectivity index (χ2n) is 2.69. The first kappa shape index (κ1) is 8.84. The molecule has 1 heterocycles. The first-order chi connectivity index (χ1) is 5.18. The van der Waals surface area contributed by atoms with Gasteiger partial charge < -0.3 is 0 Å². The molecule has 0 aromatic heterocycles. The highest BCUT2D eigenvalue weighted by Gasteiger charge is 2.21. The second kappa shape index (κ2) is 3.95. The van der Waals surface area contributed by atoms with Crippen molar-refractivity contribution in [2.24, 2.45) is 0 Å². The van der Waals surface area contributed by atoms with Crippen molar-refractivity contribution in [2.75, 3.05) is 19.6 Å². The zero-order chi connectivity index (χ0) is 8.27. The Morgan fingerprint density at radius 3 is 2.82 bits per heavy atom. The molecule has 0 aromatic carbocycles. The fourth-order valence-corrected chi connectivity index (χ4v) is 1.21. The molecule has 1 rings (SSSR count). The van der Waals surface area contributed by atoms with Gasteiger partial charge in [0.05, 0.1) is 6.54 Å². The number of hydrogen-bond donors (Lipinski definition) is 0. The first-order valence-corrected chi connectivity index (χ1v) is 3.66. The summed E-state index contributed by atoms with van der Waals surface area (Å²) >= 11 is 0. The molecule has 0 saturated carbocycles. The van der Waals surface area contributed by atoms with Gasteiger partial charge in [-0.05, 0) is 19.4 Å². The summed E-state index contributed by atoms with van der Waals surface area (Å²) in [7, 11) is 0. The maximum atomic E-state index is 12.5. The Morgan fingerprint density at radius 1 is 1.55 bits per heavy atom. The van der Waals surface area contributed by atoms with Crippen LogP contribution in [0.25, 0.3) is 0 Å². The van der Waals surface area contributed by atoms with E-state index < -0.39 is 12.6 Å². The Labute approximate surface area is 64.2 Å². The largest absolute Gasteiger partial charge is 0.295 e. The van der Waals surface area contributed by atoms with Crippen LogP contribution in [-0.4, -0.2) is 37.1 Å². The van der Waals surface area contributed by atoms with Gasteiger partial charge in [0.15, 0.2) is 0 Å². The van der Waals surface area contributed by atoms with Gasteiger partial charge in [-0.2, -0.15) is 0 Å². The summed E-state index contributed by atoms with van der Waals surface area (Å²) < 4.78 is 36.1. The Kier molecular flexibility index (Phi) is 3.17. The maximum Gasteiger partial charge on any atom is 0.251 e. The highest BCUT2D eigenvalue weighted by atomic mass is 19.3. The molecule has 1 atom stereocenters. The molecular weight excluding hydrogens is 155 g/mol. The number of rotatable bonds is 2. The lowest BCUT2D eigenvalue weighted by molar-refractivity contribution is 0.0685. The average molecular weight is 166 g/mol. The highest BCUT2D eigenvalue weighted by molar-refractivity contribution is 4.85. The fourth-order valence-electron chi connectivity index (χ4n) is 1.21. The van der Waals surface area contributed by atoms with Crippen molar-refractivity contribution in [1.29, 1.82) is 0 Å². The Bertz CT molecular complexity index is 116. The van der Waals surface area contributed by atoms with Gasteiger partial charge in [0.2, 0.25) is 0 Å². The molecule has 1 fully saturated rings. The average Bonchev–Trinajstić information content (AvgIpc) is 1.85. The van der Waals surface area contributed by atoms with Crippen molar-refractivity contribution < 1.29 is 13.2 Å². The van der Waals surface area contributed by atoms with E-state index in [0.29, 0.717) is 13.0 Å². The van der Waals surface area contributed by atoms with Gasteiger partial charge in [0, 0.05) is 6.54 Å². The van der Waals surface area contributed by atoms with E-state index in [4.69, 9.17) is 0 Å². The van der Waals surface area contributed by atoms with E-state index in [0.717, 1.165) is 0 Å². The molecule has 0 aliphatic carbocycles. The summed E-state index contributed by atoms with van der Waals surface area (Å²) in [5.74, 6) is 0. The molecule has 0 unspecified atom stereocenters. The number of likely N-dealkylation sites (tertiary alicyclic amines) is 1. The number of alkyl halides is 3. The quantitative estimate of drug-likeness (QED) is 0.600. The van der Waals surface area contributed by atoms with Crippen molar-refractivity contribution in [3.8, 4) is 0 Å². The van der Waals surface area contributed by atoms with Crippen LogP contribution in [0.2, 0.25) is 0 Å². The van der Waals surface area contributed by atoms with Gasteiger partial charge >= 0.3 is 0 Å². The van der Waals surface area contributed by atoms with Gasteiger partial charge in [-0.15, -0.1) is 0 Å². The Balaban J connectivity index is 2.23. The minimum Gasteiger partial charge on any atom is -0.295 e. The van der Waals surface area contributed by atoms with E-state index in [1.807, 2.05) is 0 Å². The Hall–Kier alpha value is -0.250. The molecular formula is C7H11F3N. The van der Waals surface area contributed by atoms with Gasteiger partial charge in [-0.3, -0.25) is 4.90 Å². The number of hydrogen-bond acceptors (Lipinski definition) is 1. The molecule has 0 aromatic rings. The lowest BCUT2D eigenvalue weighted by atomic mass is 10.1. The van der Waals surface area contributed by atoms with Crippen molar-refractivity contribution >= 4 is 0 Å². The molecule has 65 valence electrons. The van der Waals surface area contributed by atoms with E-state index >= 15 is 0 Å². The molecule has 4 heteroatoms. The normalized spacial score (nSPS) is 27.8. The van der Waals surface area contributed by atoms with Crippen LogP contribution in [-0.2, 0) is 0 Å². The van der Waals surface area contributed by atoms with E-state index in [9.17, 15) is 13.2 Å². The molecule has 0 N–H and O–H groups in total. The lowest BCUT2D eigenvalue weighted by Crippen LogP contribution is -2.39. The third-order valence-electron chi connectivity index (χ3n) is 1.70. The lowest BCUT2D eigenvalue weighted by Gasteiger charge is -2.27. The zero-order valence-corrected chi connectivity index (χ0v) is 6.14. The summed E-state index contributed by atoms with van der Waals surface area (Å²) in [6, 6.07) is 0. The van der Waals surface area contributed by atoms with Crippen LogP contribution >= 0.6 is 0 Å². The minimum absolute atomic E-state index is 0.129. The number of halogens is 3. The van der Waals surface area contributed by atoms with Crippen molar-refractivity contribution in [3.05, 3.63) is 6.42 Å². The Morgan fingerprint density at radius 2 is 2.27 bits per heavy atom. The first-order valence-electron chi connectivity index (χ1n) is 3.66. The van der Waals surface area contributed by atoms with Gasteiger partial charge in [-0.25, -0.2) is 13.2 Å². The molecule has 0 bridgehead atoms. The van der Waals surface area contributed by atoms with E-state index in [1.165, 1.54) is 11.3 Å². The molecule has 0 spiro atoms. The summed E-state index contributed by atoms with van der Waals surface area (Å²) in [6.07, 6.45) is -1.27. The van der Waals surface area contributed by atoms with Crippen molar-refractivity contribution in [2.45, 2.75) is 19.0 Å². The number of piperidine rings is 1. The topological polar surface area (TPSA) is 3.24 Å². The van der Waals surface area contributed by atoms with Crippen LogP contribution in [0, 0.1) is 6.42 Å². The zero-order valence-electron chi connectivity index (χ0n) is 6.14. The predicted octanol–water partition coefficient (Wildman–Crippen LogP) is 1.50. The predicted molar refractivity (Wildman–Crippen MR) is 36.3 cm³/mol. The molecule has 1 saturated heterocycles. The highest BCUT2D eigenvalue weighted by Crippen LogP contribution is 2.12. The van der Waals surface area contributed by atoms with Crippen LogP contribution in [0.15, 0.2) is 0 Å². The van der Waals surface area contributed by atoms with Gasteiger partial charge in [0.1, 0.15) is 6.17 Å². The van der Waals surface area contributed by atoms with Crippen LogP contribution < -0.4 is 0 Å². The van der Waals surface area contributed by atoms with Crippen LogP contribution in [0.1, 0.15) is 6.42 Å². The number of nitrogens with zero attached hydrogens (tertiary/aromatic N) is 1. The minimum atomic E-state index is -2.35. The summed E-state index contributed by atoms with van der Waals surface area (Å²) in [6.45, 7) is 0.392. The van der Waals surface area contributed by atoms with E-state index in [1.54, 1.807) is 0 Å². The molecule has 11 heavy (non-hydrogen) atoms. The second-order valence-corrected chi connectivity index (χ2v) is 2.69. The summed E-state index contributed by atoms with van der Waals surface area (Å²) in [5, 5.41) is 0. The fraction of sp³-hybridized carbons (Fsp3) is 0.857. The van der Waals surface area contributed by atoms with Gasteiger partial charge in [0.25, 0.3) is 6.43 Å². The third kappa shape index (κ3) is 3.10. The van der Waals surface area contributed by atoms with Crippen LogP contribution in [0.5, 0.6) is 0 Å².